The number of H-pyrrole nitrogens is 1. The molecule has 2 bridgehead atoms. The van der Waals surface area contributed by atoms with Gasteiger partial charge in [0, 0.05) is 46.8 Å². The molecule has 6 aliphatic carbocycles. The zero-order chi connectivity index (χ0) is 47.7. The molecule has 12 rings (SSSR count). The monoisotopic (exact) mass is 932 g/mol. The molecule has 6 aliphatic rings. The number of fused-ring (bicyclic) bond motifs is 8. The van der Waals surface area contributed by atoms with Gasteiger partial charge in [-0.3, -0.25) is 10.5 Å². The van der Waals surface area contributed by atoms with Crippen LogP contribution in [-0.2, 0) is 29.7 Å². The summed E-state index contributed by atoms with van der Waals surface area (Å²) >= 11 is 0. The average Bonchev–Trinajstić information content (AvgIpc) is 3.72. The van der Waals surface area contributed by atoms with Crippen LogP contribution in [-0.4, -0.2) is 59.3 Å². The molecule has 0 aliphatic heterocycles. The van der Waals surface area contributed by atoms with Crippen molar-refractivity contribution in [3.05, 3.63) is 142 Å². The first kappa shape index (κ1) is 44.9. The number of carbonyl (C=O) groups is 1. The number of hydrogen-bond acceptors (Lipinski definition) is 11. The Labute approximate surface area is 401 Å². The zero-order valence-electron chi connectivity index (χ0n) is 38.4. The Bertz CT molecular complexity index is 2930. The largest absolute Gasteiger partial charge is 0.508 e. The predicted octanol–water partition coefficient (Wildman–Crippen LogP) is 9.66. The highest BCUT2D eigenvalue weighted by atomic mass is 16.5. The smallest absolute Gasteiger partial charge is 0.200 e. The Morgan fingerprint density at radius 1 is 0.783 bits per heavy atom. The molecule has 0 amide bonds. The highest BCUT2D eigenvalue weighted by Crippen LogP contribution is 2.71. The van der Waals surface area contributed by atoms with Gasteiger partial charge in [-0.05, 0) is 162 Å². The lowest BCUT2D eigenvalue weighted by Gasteiger charge is -2.58. The van der Waals surface area contributed by atoms with Crippen molar-refractivity contribution in [2.24, 2.45) is 35.3 Å². The summed E-state index contributed by atoms with van der Waals surface area (Å²) < 4.78 is 12.1. The van der Waals surface area contributed by atoms with E-state index in [0.717, 1.165) is 48.1 Å². The lowest BCUT2D eigenvalue weighted by atomic mass is 9.45. The van der Waals surface area contributed by atoms with Gasteiger partial charge in [0.05, 0.1) is 6.10 Å². The molecule has 0 spiro atoms. The molecule has 10 atom stereocenters. The van der Waals surface area contributed by atoms with Crippen LogP contribution < -0.4 is 15.2 Å². The predicted molar refractivity (Wildman–Crippen MR) is 259 cm³/mol. The summed E-state index contributed by atoms with van der Waals surface area (Å²) in [6.45, 7) is -0.108. The molecule has 10 unspecified atom stereocenters. The number of ether oxygens (including phenoxy) is 2. The summed E-state index contributed by atoms with van der Waals surface area (Å²) in [7, 11) is 0. The van der Waals surface area contributed by atoms with Gasteiger partial charge in [-0.2, -0.15) is 0 Å². The van der Waals surface area contributed by atoms with E-state index in [1.807, 2.05) is 12.3 Å². The van der Waals surface area contributed by atoms with E-state index >= 15 is 4.79 Å². The number of carbonyl (C=O) groups excluding carboxylic acids is 1. The van der Waals surface area contributed by atoms with Crippen molar-refractivity contribution in [2.45, 2.75) is 100 Å². The second-order valence-electron chi connectivity index (χ2n) is 20.5. The molecule has 1 aromatic heterocycles. The number of phenols is 6. The summed E-state index contributed by atoms with van der Waals surface area (Å²) in [5.41, 5.74) is 13.8. The molecule has 3 saturated carbocycles. The number of benzene rings is 5. The number of Topliss-reactive ketones (excluding diaryl/α,β-unsaturated/α-hetero) is 1. The first-order valence-electron chi connectivity index (χ1n) is 24.6. The number of ketones is 1. The molecule has 3 fully saturated rings. The number of aromatic hydroxyl groups is 6. The molecule has 1 heterocycles. The van der Waals surface area contributed by atoms with Crippen LogP contribution in [0.25, 0.3) is 11.3 Å². The number of aryl methyl sites for hydroxylation is 1. The van der Waals surface area contributed by atoms with Gasteiger partial charge in [0.25, 0.3) is 0 Å². The van der Waals surface area contributed by atoms with E-state index in [4.69, 9.17) is 15.2 Å². The van der Waals surface area contributed by atoms with Gasteiger partial charge in [-0.25, -0.2) is 0 Å². The zero-order valence-corrected chi connectivity index (χ0v) is 38.4. The van der Waals surface area contributed by atoms with Gasteiger partial charge in [0.1, 0.15) is 36.4 Å². The second kappa shape index (κ2) is 17.7. The van der Waals surface area contributed by atoms with Crippen LogP contribution in [0.5, 0.6) is 46.0 Å². The van der Waals surface area contributed by atoms with E-state index in [1.165, 1.54) is 28.8 Å². The van der Waals surface area contributed by atoms with E-state index in [0.29, 0.717) is 43.2 Å². The van der Waals surface area contributed by atoms with Crippen LogP contribution in [0, 0.1) is 29.6 Å². The van der Waals surface area contributed by atoms with Crippen molar-refractivity contribution in [3.63, 3.8) is 0 Å². The maximum atomic E-state index is 15.0. The van der Waals surface area contributed by atoms with E-state index in [9.17, 15) is 35.7 Å². The molecule has 5 aromatic carbocycles. The third-order valence-corrected chi connectivity index (χ3v) is 17.1. The number of aliphatic hydroxyl groups excluding tert-OH is 1. The van der Waals surface area contributed by atoms with E-state index in [1.54, 1.807) is 48.5 Å². The molecule has 10 N–H and O–H groups in total. The van der Waals surface area contributed by atoms with Crippen molar-refractivity contribution in [1.29, 1.82) is 0 Å². The molecule has 358 valence electrons. The number of rotatable bonds is 12. The standard InChI is InChI=1S/C57H60N2O10/c58-29-69-49-21-30(12-16-46(49)63)11-15-45(62)40-23-33(22-32-13-14-36(61)26-47(32)64)39-24-34-25-44(57-18-4-3-10-43(57)38-17-19-59-53(38)37-8-1-2-9-42(37)57)51(52(39)54(40)66)41-27-48(65)55(67)56(50(34)41)68-28-31-6-5-7-35(60)20-31/h1-2,5-9,12-14,16-17,19-21,26-27,33-34,39-40,43-44,51-52,54,59-61,63-67H,3-4,10-11,15,18,22-25,28-29,58H2. The maximum Gasteiger partial charge on any atom is 0.200 e. The topological polar surface area (TPSA) is 219 Å². The molecular formula is C57H60N2O10. The first-order chi connectivity index (χ1) is 33.4. The Kier molecular flexibility index (Phi) is 11.5. The van der Waals surface area contributed by atoms with Gasteiger partial charge in [-0.15, -0.1) is 0 Å². The van der Waals surface area contributed by atoms with Crippen molar-refractivity contribution in [1.82, 2.24) is 4.98 Å². The van der Waals surface area contributed by atoms with Gasteiger partial charge in [0.15, 0.2) is 23.0 Å². The number of aromatic nitrogens is 1. The minimum absolute atomic E-state index is 0.0179. The number of phenolic OH excluding ortho intramolecular Hbond substituents is 6. The van der Waals surface area contributed by atoms with Gasteiger partial charge >= 0.3 is 0 Å². The van der Waals surface area contributed by atoms with Gasteiger partial charge < -0.3 is 50.2 Å². The fourth-order valence-corrected chi connectivity index (χ4v) is 14.5. The molecular weight excluding hydrogens is 873 g/mol. The fourth-order valence-electron chi connectivity index (χ4n) is 14.5. The average molecular weight is 933 g/mol. The van der Waals surface area contributed by atoms with Gasteiger partial charge in [-0.1, -0.05) is 61.4 Å². The third-order valence-electron chi connectivity index (χ3n) is 17.1. The van der Waals surface area contributed by atoms with Crippen LogP contribution in [0.4, 0.5) is 0 Å². The van der Waals surface area contributed by atoms with E-state index < -0.39 is 23.9 Å². The highest BCUT2D eigenvalue weighted by molar-refractivity contribution is 5.82. The summed E-state index contributed by atoms with van der Waals surface area (Å²) in [5, 5.41) is 79.5. The summed E-state index contributed by atoms with van der Waals surface area (Å²) in [6.07, 6.45) is 7.44. The highest BCUT2D eigenvalue weighted by Gasteiger charge is 2.63. The Morgan fingerprint density at radius 2 is 1.62 bits per heavy atom. The first-order valence-corrected chi connectivity index (χ1v) is 24.6. The molecule has 6 aromatic rings. The summed E-state index contributed by atoms with van der Waals surface area (Å²) in [5.74, 6) is -2.62. The van der Waals surface area contributed by atoms with E-state index in [-0.39, 0.29) is 107 Å². The number of nitrogens with two attached hydrogens (primary N) is 1. The normalized spacial score (nSPS) is 27.5. The minimum atomic E-state index is -1.09. The lowest BCUT2D eigenvalue weighted by molar-refractivity contribution is -0.136. The lowest BCUT2D eigenvalue weighted by Crippen LogP contribution is -2.54. The van der Waals surface area contributed by atoms with Crippen molar-refractivity contribution in [2.75, 3.05) is 6.73 Å². The summed E-state index contributed by atoms with van der Waals surface area (Å²) in [4.78, 5) is 18.6. The Morgan fingerprint density at radius 3 is 2.45 bits per heavy atom. The SMILES string of the molecule is NCOc1cc(CCC(=O)C2CC(Cc3ccc(O)cc3O)C3CC4CC(C56CCCCC5c5cc[nH]c5-c5ccccc56)C(c5cc(O)c(O)c(OCc6cccc(O)c6)c54)C3C2O)ccc1O. The van der Waals surface area contributed by atoms with Crippen molar-refractivity contribution in [3.8, 4) is 57.3 Å². The minimum Gasteiger partial charge on any atom is -0.508 e. The molecule has 12 heteroatoms. The Balaban J connectivity index is 1.08. The second-order valence-corrected chi connectivity index (χ2v) is 20.5. The number of aromatic amines is 1. The van der Waals surface area contributed by atoms with Crippen LogP contribution in [0.1, 0.15) is 108 Å². The van der Waals surface area contributed by atoms with Crippen LogP contribution in [0.2, 0.25) is 0 Å². The number of hydrogen-bond donors (Lipinski definition) is 9. The van der Waals surface area contributed by atoms with Crippen molar-refractivity contribution >= 4 is 5.78 Å². The molecule has 0 saturated heterocycles. The third kappa shape index (κ3) is 7.54. The maximum absolute atomic E-state index is 15.0. The van der Waals surface area contributed by atoms with Crippen molar-refractivity contribution < 1.29 is 50.0 Å². The quantitative estimate of drug-likeness (QED) is 0.0416. The molecule has 69 heavy (non-hydrogen) atoms. The van der Waals surface area contributed by atoms with Gasteiger partial charge in [0.2, 0.25) is 5.75 Å². The molecule has 12 nitrogen and oxygen atoms in total. The van der Waals surface area contributed by atoms with Crippen LogP contribution in [0.15, 0.2) is 103 Å². The summed E-state index contributed by atoms with van der Waals surface area (Å²) in [6, 6.07) is 29.0. The van der Waals surface area contributed by atoms with E-state index in [2.05, 4.69) is 35.3 Å². The van der Waals surface area contributed by atoms with Crippen LogP contribution in [0.3, 0.4) is 0 Å². The number of aliphatic hydroxyl groups is 1. The van der Waals surface area contributed by atoms with Crippen LogP contribution >= 0.6 is 0 Å². The Hall–Kier alpha value is -6.63. The molecule has 0 radical (unpaired) electrons. The fraction of sp³-hybridized carbons (Fsp3) is 0.386. The number of nitrogens with one attached hydrogen (secondary N) is 1.